The molecule has 1 unspecified atom stereocenters. The van der Waals surface area contributed by atoms with Crippen molar-refractivity contribution < 1.29 is 4.74 Å². The molecule has 0 bridgehead atoms. The summed E-state index contributed by atoms with van der Waals surface area (Å²) in [5.74, 6) is 1.71. The van der Waals surface area contributed by atoms with E-state index >= 15 is 0 Å². The van der Waals surface area contributed by atoms with E-state index in [1.807, 2.05) is 17.4 Å². The van der Waals surface area contributed by atoms with Gasteiger partial charge in [-0.3, -0.25) is 0 Å². The fourth-order valence-corrected chi connectivity index (χ4v) is 4.05. The Bertz CT molecular complexity index is 548. The second kappa shape index (κ2) is 4.90. The molecule has 1 N–H and O–H groups in total. The van der Waals surface area contributed by atoms with Crippen LogP contribution < -0.4 is 10.1 Å². The SMILES string of the molecule is COc1cccc2sc(C3CCN[C@@H](C)C3)cc12. The Kier molecular flexibility index (Phi) is 3.27. The van der Waals surface area contributed by atoms with Crippen molar-refractivity contribution in [1.82, 2.24) is 5.32 Å². The summed E-state index contributed by atoms with van der Waals surface area (Å²) >= 11 is 1.93. The molecule has 96 valence electrons. The minimum absolute atomic E-state index is 0.635. The zero-order valence-electron chi connectivity index (χ0n) is 10.9. The highest BCUT2D eigenvalue weighted by Crippen LogP contribution is 2.39. The molecule has 3 heteroatoms. The summed E-state index contributed by atoms with van der Waals surface area (Å²) in [5, 5.41) is 4.79. The van der Waals surface area contributed by atoms with Crippen molar-refractivity contribution in [3.05, 3.63) is 29.1 Å². The third-order valence-corrected chi connectivity index (χ3v) is 5.05. The third-order valence-electron chi connectivity index (χ3n) is 3.79. The second-order valence-electron chi connectivity index (χ2n) is 5.10. The molecule has 1 aliphatic rings. The Morgan fingerprint density at radius 1 is 1.39 bits per heavy atom. The number of ether oxygens (including phenoxy) is 1. The number of hydrogen-bond donors (Lipinski definition) is 1. The fraction of sp³-hybridized carbons (Fsp3) is 0.467. The molecule has 1 aliphatic heterocycles. The van der Waals surface area contributed by atoms with Crippen LogP contribution in [0.3, 0.4) is 0 Å². The molecule has 0 radical (unpaired) electrons. The van der Waals surface area contributed by atoms with Crippen molar-refractivity contribution >= 4 is 21.4 Å². The smallest absolute Gasteiger partial charge is 0.127 e. The lowest BCUT2D eigenvalue weighted by Crippen LogP contribution is -2.34. The number of nitrogens with one attached hydrogen (secondary N) is 1. The first kappa shape index (κ1) is 12.0. The molecule has 0 amide bonds. The highest BCUT2D eigenvalue weighted by molar-refractivity contribution is 7.19. The standard InChI is InChI=1S/C15H19NOS/c1-10-8-11(6-7-16-10)15-9-12-13(17-2)4-3-5-14(12)18-15/h3-5,9-11,16H,6-8H2,1-2H3/t10-,11?/m0/s1. The van der Waals surface area contributed by atoms with Gasteiger partial charge in [-0.05, 0) is 50.4 Å². The molecule has 1 fully saturated rings. The highest BCUT2D eigenvalue weighted by atomic mass is 32.1. The van der Waals surface area contributed by atoms with Gasteiger partial charge in [0.1, 0.15) is 5.75 Å². The second-order valence-corrected chi connectivity index (χ2v) is 6.21. The predicted molar refractivity (Wildman–Crippen MR) is 77.8 cm³/mol. The van der Waals surface area contributed by atoms with Crippen molar-refractivity contribution in [2.75, 3.05) is 13.7 Å². The highest BCUT2D eigenvalue weighted by Gasteiger charge is 2.22. The molecule has 2 heterocycles. The van der Waals surface area contributed by atoms with E-state index in [4.69, 9.17) is 4.74 Å². The maximum atomic E-state index is 5.44. The zero-order valence-corrected chi connectivity index (χ0v) is 11.7. The lowest BCUT2D eigenvalue weighted by Gasteiger charge is -2.27. The van der Waals surface area contributed by atoms with Crippen LogP contribution in [0.1, 0.15) is 30.6 Å². The molecule has 1 saturated heterocycles. The van der Waals surface area contributed by atoms with Gasteiger partial charge in [0.25, 0.3) is 0 Å². The van der Waals surface area contributed by atoms with E-state index in [-0.39, 0.29) is 0 Å². The molecule has 0 aliphatic carbocycles. The number of piperidine rings is 1. The van der Waals surface area contributed by atoms with Gasteiger partial charge in [-0.15, -0.1) is 11.3 Å². The monoisotopic (exact) mass is 261 g/mol. The normalized spacial score (nSPS) is 24.3. The van der Waals surface area contributed by atoms with E-state index in [1.165, 1.54) is 27.8 Å². The van der Waals surface area contributed by atoms with Crippen LogP contribution in [0.25, 0.3) is 10.1 Å². The Morgan fingerprint density at radius 3 is 3.06 bits per heavy atom. The first-order valence-electron chi connectivity index (χ1n) is 6.57. The van der Waals surface area contributed by atoms with Crippen molar-refractivity contribution in [2.45, 2.75) is 31.7 Å². The minimum Gasteiger partial charge on any atom is -0.496 e. The van der Waals surface area contributed by atoms with Gasteiger partial charge in [0.05, 0.1) is 7.11 Å². The fourth-order valence-electron chi connectivity index (χ4n) is 2.82. The van der Waals surface area contributed by atoms with Gasteiger partial charge in [-0.25, -0.2) is 0 Å². The number of methoxy groups -OCH3 is 1. The summed E-state index contributed by atoms with van der Waals surface area (Å²) in [6.45, 7) is 3.41. The first-order valence-corrected chi connectivity index (χ1v) is 7.39. The molecule has 2 aromatic rings. The molecule has 0 saturated carbocycles. The first-order chi connectivity index (χ1) is 8.78. The minimum atomic E-state index is 0.635. The van der Waals surface area contributed by atoms with Crippen molar-refractivity contribution in [1.29, 1.82) is 0 Å². The molecule has 0 spiro atoms. The number of thiophene rings is 1. The van der Waals surface area contributed by atoms with Crippen LogP contribution in [-0.2, 0) is 0 Å². The van der Waals surface area contributed by atoms with E-state index in [1.54, 1.807) is 7.11 Å². The van der Waals surface area contributed by atoms with Gasteiger partial charge in [-0.2, -0.15) is 0 Å². The van der Waals surface area contributed by atoms with Crippen LogP contribution >= 0.6 is 11.3 Å². The van der Waals surface area contributed by atoms with E-state index in [9.17, 15) is 0 Å². The molecule has 2 atom stereocenters. The van der Waals surface area contributed by atoms with Crippen molar-refractivity contribution in [3.8, 4) is 5.75 Å². The van der Waals surface area contributed by atoms with E-state index in [0.717, 1.165) is 12.3 Å². The lowest BCUT2D eigenvalue weighted by atomic mass is 9.92. The van der Waals surface area contributed by atoms with Crippen LogP contribution in [-0.4, -0.2) is 19.7 Å². The van der Waals surface area contributed by atoms with Gasteiger partial charge < -0.3 is 10.1 Å². The molecule has 3 rings (SSSR count). The summed E-state index contributed by atoms with van der Waals surface area (Å²) in [6, 6.07) is 9.28. The van der Waals surface area contributed by atoms with Crippen LogP contribution in [0.5, 0.6) is 5.75 Å². The summed E-state index contributed by atoms with van der Waals surface area (Å²) < 4.78 is 6.79. The number of hydrogen-bond acceptors (Lipinski definition) is 3. The summed E-state index contributed by atoms with van der Waals surface area (Å²) in [5.41, 5.74) is 0. The molecule has 1 aromatic carbocycles. The molecular weight excluding hydrogens is 242 g/mol. The average molecular weight is 261 g/mol. The lowest BCUT2D eigenvalue weighted by molar-refractivity contribution is 0.384. The Labute approximate surface area is 112 Å². The van der Waals surface area contributed by atoms with Crippen LogP contribution in [0.2, 0.25) is 0 Å². The maximum absolute atomic E-state index is 5.44. The van der Waals surface area contributed by atoms with Gasteiger partial charge in [-0.1, -0.05) is 6.07 Å². The van der Waals surface area contributed by atoms with Crippen molar-refractivity contribution in [3.63, 3.8) is 0 Å². The van der Waals surface area contributed by atoms with Crippen LogP contribution in [0, 0.1) is 0 Å². The van der Waals surface area contributed by atoms with Gasteiger partial charge in [0, 0.05) is 21.0 Å². The molecule has 2 nitrogen and oxygen atoms in total. The summed E-state index contributed by atoms with van der Waals surface area (Å²) in [7, 11) is 1.75. The largest absolute Gasteiger partial charge is 0.496 e. The zero-order chi connectivity index (χ0) is 12.5. The van der Waals surface area contributed by atoms with E-state index in [2.05, 4.69) is 30.4 Å². The Morgan fingerprint density at radius 2 is 2.28 bits per heavy atom. The van der Waals surface area contributed by atoms with Gasteiger partial charge in [0.2, 0.25) is 0 Å². The number of fused-ring (bicyclic) bond motifs is 1. The van der Waals surface area contributed by atoms with Gasteiger partial charge >= 0.3 is 0 Å². The predicted octanol–water partition coefficient (Wildman–Crippen LogP) is 3.77. The Hall–Kier alpha value is -1.06. The molecule has 18 heavy (non-hydrogen) atoms. The van der Waals surface area contributed by atoms with E-state index in [0.29, 0.717) is 12.0 Å². The topological polar surface area (TPSA) is 21.3 Å². The maximum Gasteiger partial charge on any atom is 0.127 e. The molecular formula is C15H19NOS. The third kappa shape index (κ3) is 2.13. The Balaban J connectivity index is 1.97. The average Bonchev–Trinajstić information content (AvgIpc) is 2.82. The summed E-state index contributed by atoms with van der Waals surface area (Å²) in [4.78, 5) is 1.52. The quantitative estimate of drug-likeness (QED) is 0.888. The van der Waals surface area contributed by atoms with Gasteiger partial charge in [0.15, 0.2) is 0 Å². The number of rotatable bonds is 2. The molecule has 1 aromatic heterocycles. The summed E-state index contributed by atoms with van der Waals surface area (Å²) in [6.07, 6.45) is 2.49. The van der Waals surface area contributed by atoms with Crippen LogP contribution in [0.15, 0.2) is 24.3 Å². The van der Waals surface area contributed by atoms with Crippen molar-refractivity contribution in [2.24, 2.45) is 0 Å². The van der Waals surface area contributed by atoms with Crippen LogP contribution in [0.4, 0.5) is 0 Å². The van der Waals surface area contributed by atoms with E-state index < -0.39 is 0 Å². The number of benzene rings is 1.